The van der Waals surface area contributed by atoms with E-state index in [2.05, 4.69) is 24.1 Å². The Labute approximate surface area is 132 Å². The van der Waals surface area contributed by atoms with E-state index in [0.29, 0.717) is 6.42 Å². The minimum absolute atomic E-state index is 0. The smallest absolute Gasteiger partial charge is 0.221 e. The summed E-state index contributed by atoms with van der Waals surface area (Å²) in [4.78, 5) is 13.8. The van der Waals surface area contributed by atoms with Gasteiger partial charge in [0.1, 0.15) is 0 Å². The lowest BCUT2D eigenvalue weighted by Crippen LogP contribution is -2.44. The lowest BCUT2D eigenvalue weighted by Gasteiger charge is -2.23. The lowest BCUT2D eigenvalue weighted by atomic mass is 10.1. The molecule has 0 rings (SSSR count). The molecule has 0 heterocycles. The van der Waals surface area contributed by atoms with Crippen LogP contribution in [0.4, 0.5) is 0 Å². The molecule has 0 aromatic rings. The summed E-state index contributed by atoms with van der Waals surface area (Å²) in [6.07, 6.45) is 13.5. The van der Waals surface area contributed by atoms with E-state index >= 15 is 0 Å². The van der Waals surface area contributed by atoms with E-state index < -0.39 is 0 Å². The van der Waals surface area contributed by atoms with Gasteiger partial charge in [0.15, 0.2) is 0 Å². The Balaban J connectivity index is 0. The maximum absolute atomic E-state index is 11.8. The third-order valence-electron chi connectivity index (χ3n) is 3.85. The second-order valence-corrected chi connectivity index (χ2v) is 6.03. The van der Waals surface area contributed by atoms with Crippen molar-refractivity contribution in [3.63, 3.8) is 0 Å². The van der Waals surface area contributed by atoms with Crippen LogP contribution in [0.25, 0.3) is 0 Å². The van der Waals surface area contributed by atoms with Gasteiger partial charge in [-0.2, -0.15) is 0 Å². The van der Waals surface area contributed by atoms with Crippen molar-refractivity contribution in [2.24, 2.45) is 0 Å². The minimum atomic E-state index is 0. The van der Waals surface area contributed by atoms with Crippen LogP contribution in [0, 0.1) is 0 Å². The topological polar surface area (TPSA) is 63.8 Å². The monoisotopic (exact) mass is 302 g/mol. The second-order valence-electron chi connectivity index (χ2n) is 6.03. The van der Waals surface area contributed by atoms with Crippen LogP contribution in [-0.4, -0.2) is 36.5 Å². The zero-order chi connectivity index (χ0) is 15.2. The molecule has 128 valence electrons. The number of unbranched alkanes of at least 4 members (excludes halogenated alkanes) is 8. The summed E-state index contributed by atoms with van der Waals surface area (Å²) in [7, 11) is 4.01. The van der Waals surface area contributed by atoms with Crippen LogP contribution in [0.5, 0.6) is 0 Å². The first-order valence-electron chi connectivity index (χ1n) is 8.57. The number of carbonyl (C=O) groups excluding carboxylic acids is 1. The third-order valence-corrected chi connectivity index (χ3v) is 3.85. The Morgan fingerprint density at radius 1 is 0.905 bits per heavy atom. The molecule has 0 fully saturated rings. The molecule has 21 heavy (non-hydrogen) atoms. The van der Waals surface area contributed by atoms with Crippen molar-refractivity contribution < 1.29 is 10.3 Å². The highest BCUT2D eigenvalue weighted by molar-refractivity contribution is 5.76. The van der Waals surface area contributed by atoms with Gasteiger partial charge >= 0.3 is 0 Å². The van der Waals surface area contributed by atoms with E-state index in [0.717, 1.165) is 12.8 Å². The summed E-state index contributed by atoms with van der Waals surface area (Å²) < 4.78 is 0. The number of hydrogen-bond donors (Lipinski definition) is 1. The molecule has 0 spiro atoms. The molecule has 0 saturated carbocycles. The molecule has 0 radical (unpaired) electrons. The Hall–Kier alpha value is -0.610. The third kappa shape index (κ3) is 14.1. The van der Waals surface area contributed by atoms with E-state index in [1.807, 2.05) is 14.1 Å². The molecular weight excluding hydrogens is 264 g/mol. The summed E-state index contributed by atoms with van der Waals surface area (Å²) in [6, 6.07) is 0. The molecule has 1 amide bonds. The summed E-state index contributed by atoms with van der Waals surface area (Å²) in [5.41, 5.74) is 0. The predicted molar refractivity (Wildman–Crippen MR) is 91.4 cm³/mol. The van der Waals surface area contributed by atoms with Crippen molar-refractivity contribution >= 4 is 5.91 Å². The summed E-state index contributed by atoms with van der Waals surface area (Å²) in [5, 5.41) is 3.08. The van der Waals surface area contributed by atoms with Crippen LogP contribution in [-0.2, 0) is 4.79 Å². The Morgan fingerprint density at radius 2 is 1.38 bits per heavy atom. The predicted octanol–water partition coefficient (Wildman–Crippen LogP) is 3.50. The van der Waals surface area contributed by atoms with Crippen molar-refractivity contribution in [2.45, 2.75) is 90.6 Å². The van der Waals surface area contributed by atoms with E-state index in [4.69, 9.17) is 0 Å². The average Bonchev–Trinajstić information content (AvgIpc) is 2.42. The first-order valence-corrected chi connectivity index (χ1v) is 8.57. The van der Waals surface area contributed by atoms with Crippen molar-refractivity contribution in [2.75, 3.05) is 14.1 Å². The molecule has 0 bridgehead atoms. The Kier molecular flexibility index (Phi) is 17.0. The second kappa shape index (κ2) is 15.8. The fraction of sp³-hybridized carbons (Fsp3) is 0.941. The van der Waals surface area contributed by atoms with Crippen LogP contribution in [0.15, 0.2) is 0 Å². The molecule has 3 N–H and O–H groups in total. The molecule has 0 aliphatic heterocycles. The molecule has 1 atom stereocenters. The zero-order valence-corrected chi connectivity index (χ0v) is 14.7. The van der Waals surface area contributed by atoms with Gasteiger partial charge in [-0.25, -0.2) is 0 Å². The van der Waals surface area contributed by atoms with Gasteiger partial charge in [0.05, 0.1) is 6.17 Å². The van der Waals surface area contributed by atoms with Crippen LogP contribution in [0.1, 0.15) is 84.5 Å². The molecule has 4 heteroatoms. The molecule has 0 aliphatic rings. The maximum Gasteiger partial charge on any atom is 0.221 e. The molecule has 0 aliphatic carbocycles. The number of nitrogens with one attached hydrogen (secondary N) is 1. The zero-order valence-electron chi connectivity index (χ0n) is 14.7. The van der Waals surface area contributed by atoms with E-state index in [1.54, 1.807) is 0 Å². The first-order chi connectivity index (χ1) is 9.61. The van der Waals surface area contributed by atoms with Crippen molar-refractivity contribution in [1.29, 1.82) is 0 Å². The minimum Gasteiger partial charge on any atom is -0.412 e. The average molecular weight is 303 g/mol. The number of nitrogens with zero attached hydrogens (tertiary/aromatic N) is 1. The van der Waals surface area contributed by atoms with Crippen LogP contribution < -0.4 is 5.32 Å². The molecule has 1 unspecified atom stereocenters. The van der Waals surface area contributed by atoms with Crippen molar-refractivity contribution in [3.8, 4) is 0 Å². The Morgan fingerprint density at radius 3 is 1.81 bits per heavy atom. The van der Waals surface area contributed by atoms with Gasteiger partial charge in [-0.05, 0) is 26.9 Å². The maximum atomic E-state index is 11.8. The highest BCUT2D eigenvalue weighted by Gasteiger charge is 2.11. The molecular formula is C17H38N2O2. The number of rotatable bonds is 13. The largest absolute Gasteiger partial charge is 0.412 e. The Bertz CT molecular complexity index is 233. The number of hydrogen-bond acceptors (Lipinski definition) is 2. The number of carbonyl (C=O) groups is 1. The molecule has 4 nitrogen and oxygen atoms in total. The van der Waals surface area contributed by atoms with E-state index in [-0.39, 0.29) is 17.5 Å². The normalized spacial score (nSPS) is 12.0. The standard InChI is InChI=1S/C17H36N2O.H2O/c1-5-7-8-9-10-11-12-13-14-15-17(20)18-16(6-2)19(3)4;/h16H,5-15H2,1-4H3,(H,18,20);1H2. The van der Waals surface area contributed by atoms with Crippen LogP contribution >= 0.6 is 0 Å². The van der Waals surface area contributed by atoms with Crippen molar-refractivity contribution in [3.05, 3.63) is 0 Å². The van der Waals surface area contributed by atoms with Crippen LogP contribution in [0.3, 0.4) is 0 Å². The van der Waals surface area contributed by atoms with Gasteiger partial charge < -0.3 is 10.8 Å². The van der Waals surface area contributed by atoms with Gasteiger partial charge in [-0.3, -0.25) is 9.69 Å². The summed E-state index contributed by atoms with van der Waals surface area (Å²) >= 11 is 0. The van der Waals surface area contributed by atoms with Gasteiger partial charge in [0.25, 0.3) is 0 Å². The van der Waals surface area contributed by atoms with Gasteiger partial charge in [0.2, 0.25) is 5.91 Å². The quantitative estimate of drug-likeness (QED) is 0.418. The van der Waals surface area contributed by atoms with E-state index in [9.17, 15) is 4.79 Å². The molecule has 0 aromatic carbocycles. The molecule has 0 aromatic heterocycles. The SMILES string of the molecule is CCCCCCCCCCCC(=O)NC(CC)N(C)C.O. The van der Waals surface area contributed by atoms with Crippen LogP contribution in [0.2, 0.25) is 0 Å². The summed E-state index contributed by atoms with van der Waals surface area (Å²) in [5.74, 6) is 0.202. The van der Waals surface area contributed by atoms with Gasteiger partial charge in [-0.15, -0.1) is 0 Å². The first kappa shape index (κ1) is 22.7. The van der Waals surface area contributed by atoms with Crippen molar-refractivity contribution in [1.82, 2.24) is 10.2 Å². The fourth-order valence-electron chi connectivity index (χ4n) is 2.45. The van der Waals surface area contributed by atoms with E-state index in [1.165, 1.54) is 51.4 Å². The molecule has 0 saturated heterocycles. The lowest BCUT2D eigenvalue weighted by molar-refractivity contribution is -0.123. The number of amides is 1. The summed E-state index contributed by atoms with van der Waals surface area (Å²) in [6.45, 7) is 4.36. The van der Waals surface area contributed by atoms with Gasteiger partial charge in [-0.1, -0.05) is 65.2 Å². The highest BCUT2D eigenvalue weighted by Crippen LogP contribution is 2.10. The highest BCUT2D eigenvalue weighted by atomic mass is 16.1. The fourth-order valence-corrected chi connectivity index (χ4v) is 2.45. The van der Waals surface area contributed by atoms with Gasteiger partial charge in [0, 0.05) is 6.42 Å².